The summed E-state index contributed by atoms with van der Waals surface area (Å²) in [6.07, 6.45) is 1.92. The second-order valence-electron chi connectivity index (χ2n) is 8.48. The number of hydrogen-bond acceptors (Lipinski definition) is 4. The maximum absolute atomic E-state index is 12.0. The van der Waals surface area contributed by atoms with Crippen LogP contribution in [-0.4, -0.2) is 41.9 Å². The van der Waals surface area contributed by atoms with Gasteiger partial charge in [-0.15, -0.1) is 0 Å². The van der Waals surface area contributed by atoms with Gasteiger partial charge in [0.1, 0.15) is 11.6 Å². The largest absolute Gasteiger partial charge is 0.480 e. The molecule has 1 atom stereocenters. The monoisotopic (exact) mass is 376 g/mol. The maximum Gasteiger partial charge on any atom is 0.408 e. The highest BCUT2D eigenvalue weighted by atomic mass is 16.6. The molecule has 2 N–H and O–H groups in total. The van der Waals surface area contributed by atoms with E-state index in [9.17, 15) is 14.7 Å². The molecule has 1 saturated heterocycles. The zero-order valence-corrected chi connectivity index (χ0v) is 17.0. The van der Waals surface area contributed by atoms with Gasteiger partial charge in [0.15, 0.2) is 0 Å². The first kappa shape index (κ1) is 21.1. The van der Waals surface area contributed by atoms with Crippen LogP contribution in [0.2, 0.25) is 0 Å². The summed E-state index contributed by atoms with van der Waals surface area (Å²) >= 11 is 0. The Bertz CT molecular complexity index is 673. The highest BCUT2D eigenvalue weighted by Crippen LogP contribution is 2.31. The number of nitrogens with one attached hydrogen (secondary N) is 1. The van der Waals surface area contributed by atoms with Crippen molar-refractivity contribution in [2.45, 2.75) is 71.4 Å². The van der Waals surface area contributed by atoms with Gasteiger partial charge in [-0.1, -0.05) is 26.0 Å². The summed E-state index contributed by atoms with van der Waals surface area (Å²) in [6.45, 7) is 11.7. The van der Waals surface area contributed by atoms with Gasteiger partial charge in [0.05, 0.1) is 0 Å². The average molecular weight is 376 g/mol. The quantitative estimate of drug-likeness (QED) is 0.786. The molecule has 0 spiro atoms. The number of anilines is 1. The van der Waals surface area contributed by atoms with Gasteiger partial charge < -0.3 is 20.1 Å². The van der Waals surface area contributed by atoms with E-state index in [0.717, 1.165) is 18.7 Å². The Balaban J connectivity index is 2.16. The third-order valence-electron chi connectivity index (χ3n) is 4.59. The number of carbonyl (C=O) groups excluding carboxylic acids is 1. The van der Waals surface area contributed by atoms with Gasteiger partial charge in [0.25, 0.3) is 0 Å². The first-order valence-corrected chi connectivity index (χ1v) is 9.67. The number of hydrogen-bond donors (Lipinski definition) is 2. The summed E-state index contributed by atoms with van der Waals surface area (Å²) in [7, 11) is 0. The molecular formula is C21H32N2O4. The number of benzene rings is 1. The van der Waals surface area contributed by atoms with Crippen LogP contribution in [0.15, 0.2) is 18.2 Å². The second-order valence-corrected chi connectivity index (χ2v) is 8.48. The summed E-state index contributed by atoms with van der Waals surface area (Å²) in [5, 5.41) is 12.0. The lowest BCUT2D eigenvalue weighted by atomic mass is 9.95. The van der Waals surface area contributed by atoms with Crippen LogP contribution in [0, 0.1) is 0 Å². The molecule has 150 valence electrons. The lowest BCUT2D eigenvalue weighted by molar-refractivity contribution is -0.139. The van der Waals surface area contributed by atoms with Gasteiger partial charge in [0.2, 0.25) is 0 Å². The fraction of sp³-hybridized carbons (Fsp3) is 0.619. The molecule has 1 amide bonds. The van der Waals surface area contributed by atoms with E-state index in [1.807, 2.05) is 6.07 Å². The van der Waals surface area contributed by atoms with E-state index in [1.54, 1.807) is 20.8 Å². The Labute approximate surface area is 161 Å². The molecule has 1 aliphatic heterocycles. The van der Waals surface area contributed by atoms with E-state index >= 15 is 0 Å². The molecule has 0 bridgehead atoms. The van der Waals surface area contributed by atoms with E-state index in [2.05, 4.69) is 36.2 Å². The predicted octanol–water partition coefficient (Wildman–Crippen LogP) is 3.93. The summed E-state index contributed by atoms with van der Waals surface area (Å²) in [4.78, 5) is 26.0. The topological polar surface area (TPSA) is 78.9 Å². The molecule has 0 radical (unpaired) electrons. The molecule has 1 unspecified atom stereocenters. The van der Waals surface area contributed by atoms with Crippen LogP contribution < -0.4 is 10.2 Å². The minimum absolute atomic E-state index is 0.217. The van der Waals surface area contributed by atoms with Gasteiger partial charge >= 0.3 is 12.1 Å². The molecule has 6 nitrogen and oxygen atoms in total. The number of carboxylic acid groups (broad SMARTS) is 1. The fourth-order valence-electron chi connectivity index (χ4n) is 3.33. The molecule has 2 rings (SSSR count). The molecule has 1 aromatic rings. The van der Waals surface area contributed by atoms with E-state index in [-0.39, 0.29) is 6.42 Å². The lowest BCUT2D eigenvalue weighted by Crippen LogP contribution is -2.44. The number of ether oxygens (including phenoxy) is 1. The lowest BCUT2D eigenvalue weighted by Gasteiger charge is -2.25. The number of aliphatic carboxylic acids is 1. The average Bonchev–Trinajstić information content (AvgIpc) is 3.06. The van der Waals surface area contributed by atoms with Crippen molar-refractivity contribution in [1.29, 1.82) is 0 Å². The molecule has 6 heteroatoms. The second kappa shape index (κ2) is 8.63. The highest BCUT2D eigenvalue weighted by Gasteiger charge is 2.25. The van der Waals surface area contributed by atoms with E-state index in [0.29, 0.717) is 5.92 Å². The van der Waals surface area contributed by atoms with Gasteiger partial charge in [-0.05, 0) is 56.7 Å². The molecule has 1 heterocycles. The van der Waals surface area contributed by atoms with E-state index < -0.39 is 23.7 Å². The Morgan fingerprint density at radius 2 is 1.85 bits per heavy atom. The maximum atomic E-state index is 12.0. The van der Waals surface area contributed by atoms with E-state index in [1.165, 1.54) is 24.1 Å². The van der Waals surface area contributed by atoms with Crippen molar-refractivity contribution >= 4 is 17.7 Å². The Morgan fingerprint density at radius 1 is 1.22 bits per heavy atom. The minimum atomic E-state index is -1.07. The van der Waals surface area contributed by atoms with Crippen LogP contribution in [-0.2, 0) is 16.0 Å². The molecular weight excluding hydrogens is 344 g/mol. The molecule has 0 aromatic heterocycles. The Kier molecular flexibility index (Phi) is 6.73. The summed E-state index contributed by atoms with van der Waals surface area (Å²) in [6, 6.07) is 5.09. The molecule has 1 aliphatic rings. The van der Waals surface area contributed by atoms with Crippen molar-refractivity contribution in [3.63, 3.8) is 0 Å². The van der Waals surface area contributed by atoms with Gasteiger partial charge in [-0.25, -0.2) is 9.59 Å². The van der Waals surface area contributed by atoms with Crippen LogP contribution in [0.25, 0.3) is 0 Å². The van der Waals surface area contributed by atoms with Crippen molar-refractivity contribution in [3.8, 4) is 0 Å². The van der Waals surface area contributed by atoms with Crippen molar-refractivity contribution in [2.75, 3.05) is 18.0 Å². The van der Waals surface area contributed by atoms with Crippen LogP contribution in [0.1, 0.15) is 64.5 Å². The Morgan fingerprint density at radius 3 is 2.37 bits per heavy atom. The Hall–Kier alpha value is -2.24. The summed E-state index contributed by atoms with van der Waals surface area (Å²) < 4.78 is 5.18. The smallest absolute Gasteiger partial charge is 0.408 e. The number of carbonyl (C=O) groups is 2. The number of rotatable bonds is 6. The fourth-order valence-corrected chi connectivity index (χ4v) is 3.33. The SMILES string of the molecule is CC(C)c1cc(CC(NC(=O)OC(C)(C)C)C(=O)O)ccc1N1CCCC1. The first-order valence-electron chi connectivity index (χ1n) is 9.67. The third-order valence-corrected chi connectivity index (χ3v) is 4.59. The zero-order valence-electron chi connectivity index (χ0n) is 17.0. The minimum Gasteiger partial charge on any atom is -0.480 e. The summed E-state index contributed by atoms with van der Waals surface area (Å²) in [5.74, 6) is -0.738. The summed E-state index contributed by atoms with van der Waals surface area (Å²) in [5.41, 5.74) is 2.68. The number of nitrogens with zero attached hydrogens (tertiary/aromatic N) is 1. The molecule has 0 saturated carbocycles. The standard InChI is InChI=1S/C21H32N2O4/c1-14(2)16-12-15(8-9-18(16)23-10-6-7-11-23)13-17(19(24)25)22-20(26)27-21(3,4)5/h8-9,12,14,17H,6-7,10-11,13H2,1-5H3,(H,22,26)(H,24,25). The van der Waals surface area contributed by atoms with Crippen LogP contribution >= 0.6 is 0 Å². The normalized spacial score (nSPS) is 15.7. The molecule has 0 aliphatic carbocycles. The molecule has 1 fully saturated rings. The number of amides is 1. The van der Waals surface area contributed by atoms with Crippen molar-refractivity contribution in [1.82, 2.24) is 5.32 Å². The van der Waals surface area contributed by atoms with Crippen molar-refractivity contribution < 1.29 is 19.4 Å². The van der Waals surface area contributed by atoms with Crippen molar-refractivity contribution in [3.05, 3.63) is 29.3 Å². The van der Waals surface area contributed by atoms with Crippen LogP contribution in [0.3, 0.4) is 0 Å². The van der Waals surface area contributed by atoms with Gasteiger partial charge in [0, 0.05) is 25.2 Å². The van der Waals surface area contributed by atoms with Crippen LogP contribution in [0.5, 0.6) is 0 Å². The zero-order chi connectivity index (χ0) is 20.2. The van der Waals surface area contributed by atoms with Crippen LogP contribution in [0.4, 0.5) is 10.5 Å². The number of alkyl carbamates (subject to hydrolysis) is 1. The molecule has 27 heavy (non-hydrogen) atoms. The van der Waals surface area contributed by atoms with Crippen molar-refractivity contribution in [2.24, 2.45) is 0 Å². The highest BCUT2D eigenvalue weighted by molar-refractivity contribution is 5.80. The predicted molar refractivity (Wildman–Crippen MR) is 106 cm³/mol. The van der Waals surface area contributed by atoms with Gasteiger partial charge in [-0.2, -0.15) is 0 Å². The van der Waals surface area contributed by atoms with Gasteiger partial charge in [-0.3, -0.25) is 0 Å². The molecule has 1 aromatic carbocycles. The third kappa shape index (κ3) is 6.15. The number of carboxylic acids is 1. The van der Waals surface area contributed by atoms with E-state index in [4.69, 9.17) is 4.74 Å². The first-order chi connectivity index (χ1) is 12.6.